The van der Waals surface area contributed by atoms with E-state index in [0.29, 0.717) is 27.8 Å². The summed E-state index contributed by atoms with van der Waals surface area (Å²) in [4.78, 5) is 15.3. The summed E-state index contributed by atoms with van der Waals surface area (Å²) in [6.07, 6.45) is 0.842. The number of hydrogen-bond donors (Lipinski definition) is 2. The van der Waals surface area contributed by atoms with Gasteiger partial charge in [-0.25, -0.2) is 0 Å². The highest BCUT2D eigenvalue weighted by molar-refractivity contribution is 6.31. The fourth-order valence-electron chi connectivity index (χ4n) is 5.85. The minimum absolute atomic E-state index is 0.0880. The number of nitrogens with zero attached hydrogens (tertiary/aromatic N) is 2. The number of anilines is 1. The Kier molecular flexibility index (Phi) is 6.54. The molecule has 1 amide bonds. The molecule has 34 heavy (non-hydrogen) atoms. The summed E-state index contributed by atoms with van der Waals surface area (Å²) in [7, 11) is 0. The second-order valence-corrected chi connectivity index (χ2v) is 11.0. The van der Waals surface area contributed by atoms with Crippen LogP contribution in [0, 0.1) is 28.1 Å². The molecule has 0 aromatic heterocycles. The summed E-state index contributed by atoms with van der Waals surface area (Å²) in [5.74, 6) is 0.828. The van der Waals surface area contributed by atoms with E-state index >= 15 is 0 Å². The van der Waals surface area contributed by atoms with Gasteiger partial charge in [0.25, 0.3) is 5.91 Å². The van der Waals surface area contributed by atoms with E-state index in [1.54, 1.807) is 18.2 Å². The van der Waals surface area contributed by atoms with Crippen molar-refractivity contribution in [1.82, 2.24) is 5.32 Å². The van der Waals surface area contributed by atoms with Crippen molar-refractivity contribution in [3.63, 3.8) is 0 Å². The minimum atomic E-state index is -0.311. The first-order valence-electron chi connectivity index (χ1n) is 11.7. The first kappa shape index (κ1) is 24.4. The van der Waals surface area contributed by atoms with Crippen LogP contribution in [0.1, 0.15) is 50.0 Å². The van der Waals surface area contributed by atoms with Gasteiger partial charge in [-0.05, 0) is 42.8 Å². The fraction of sp³-hybridized carbons (Fsp3) is 0.481. The van der Waals surface area contributed by atoms with E-state index in [0.717, 1.165) is 25.2 Å². The van der Waals surface area contributed by atoms with Crippen molar-refractivity contribution in [3.05, 3.63) is 58.6 Å². The molecule has 1 aliphatic carbocycles. The van der Waals surface area contributed by atoms with Crippen LogP contribution in [-0.4, -0.2) is 42.9 Å². The third-order valence-corrected chi connectivity index (χ3v) is 7.78. The molecule has 1 saturated carbocycles. The molecule has 2 N–H and O–H groups in total. The number of benzene rings is 2. The molecule has 1 heterocycles. The largest absolute Gasteiger partial charge is 0.489 e. The van der Waals surface area contributed by atoms with Crippen LogP contribution >= 0.6 is 11.6 Å². The quantitative estimate of drug-likeness (QED) is 0.627. The highest BCUT2D eigenvalue weighted by Crippen LogP contribution is 2.55. The van der Waals surface area contributed by atoms with Gasteiger partial charge in [0.1, 0.15) is 17.9 Å². The molecule has 180 valence electrons. The fourth-order valence-corrected chi connectivity index (χ4v) is 6.06. The van der Waals surface area contributed by atoms with Gasteiger partial charge in [0.05, 0.1) is 10.6 Å². The lowest BCUT2D eigenvalue weighted by Gasteiger charge is -2.63. The van der Waals surface area contributed by atoms with E-state index in [9.17, 15) is 9.90 Å². The third kappa shape index (κ3) is 4.35. The molecule has 2 aromatic rings. The van der Waals surface area contributed by atoms with Crippen LogP contribution in [0.25, 0.3) is 0 Å². The van der Waals surface area contributed by atoms with Gasteiger partial charge in [-0.3, -0.25) is 4.79 Å². The Bertz CT molecular complexity index is 1090. The molecule has 1 atom stereocenters. The first-order chi connectivity index (χ1) is 16.1. The summed E-state index contributed by atoms with van der Waals surface area (Å²) < 4.78 is 6.30. The average Bonchev–Trinajstić information content (AvgIpc) is 3.30. The number of carbonyl (C=O) groups excluding carboxylic acids is 1. The number of halogens is 1. The molecule has 1 saturated heterocycles. The SMILES string of the molecule is CC1(C)[C@H](NC(=O)c2ccc(N3CCC(CO)C3)cc2)C(C)(C)[C@H]1Oc1ccc(C#N)c(Cl)c1. The van der Waals surface area contributed by atoms with Crippen LogP contribution < -0.4 is 15.0 Å². The van der Waals surface area contributed by atoms with Crippen LogP contribution in [-0.2, 0) is 0 Å². The van der Waals surface area contributed by atoms with Crippen LogP contribution in [0.3, 0.4) is 0 Å². The normalized spacial score (nSPS) is 24.7. The Balaban J connectivity index is 1.42. The van der Waals surface area contributed by atoms with Crippen molar-refractivity contribution in [2.24, 2.45) is 16.7 Å². The number of amides is 1. The Morgan fingerprint density at radius 1 is 1.21 bits per heavy atom. The summed E-state index contributed by atoms with van der Waals surface area (Å²) in [5, 5.41) is 22.1. The van der Waals surface area contributed by atoms with E-state index < -0.39 is 0 Å². The predicted octanol–water partition coefficient (Wildman–Crippen LogP) is 4.64. The standard InChI is InChI=1S/C27H32ClN3O3/c1-26(2)24(27(3,4)25(26)34-21-10-7-19(14-29)22(28)13-21)30-23(33)18-5-8-20(9-6-18)31-12-11-17(15-31)16-32/h5-10,13,17,24-25,32H,11-12,15-16H2,1-4H3,(H,30,33)/t17?,24-,25-. The summed E-state index contributed by atoms with van der Waals surface area (Å²) in [6, 6.07) is 14.7. The van der Waals surface area contributed by atoms with Gasteiger partial charge in [-0.15, -0.1) is 0 Å². The Morgan fingerprint density at radius 3 is 2.44 bits per heavy atom. The van der Waals surface area contributed by atoms with Gasteiger partial charge in [0.15, 0.2) is 0 Å². The summed E-state index contributed by atoms with van der Waals surface area (Å²) >= 11 is 6.18. The molecule has 1 aliphatic heterocycles. The molecule has 2 aromatic carbocycles. The topological polar surface area (TPSA) is 85.6 Å². The second kappa shape index (κ2) is 9.13. The second-order valence-electron chi connectivity index (χ2n) is 10.6. The minimum Gasteiger partial charge on any atom is -0.489 e. The lowest BCUT2D eigenvalue weighted by atomic mass is 9.49. The van der Waals surface area contributed by atoms with Crippen molar-refractivity contribution >= 4 is 23.2 Å². The lowest BCUT2D eigenvalue weighted by molar-refractivity contribution is -0.164. The van der Waals surface area contributed by atoms with Gasteiger partial charge < -0.3 is 20.1 Å². The van der Waals surface area contributed by atoms with E-state index in [-0.39, 0.29) is 35.5 Å². The summed E-state index contributed by atoms with van der Waals surface area (Å²) in [6.45, 7) is 10.3. The zero-order valence-corrected chi connectivity index (χ0v) is 20.9. The molecule has 1 unspecified atom stereocenters. The monoisotopic (exact) mass is 481 g/mol. The molecule has 7 heteroatoms. The van der Waals surface area contributed by atoms with Gasteiger partial charge in [0, 0.05) is 59.8 Å². The highest BCUT2D eigenvalue weighted by atomic mass is 35.5. The maximum Gasteiger partial charge on any atom is 0.251 e. The van der Waals surface area contributed by atoms with Crippen molar-refractivity contribution in [2.75, 3.05) is 24.6 Å². The molecule has 4 rings (SSSR count). The van der Waals surface area contributed by atoms with Crippen LogP contribution in [0.5, 0.6) is 5.75 Å². The number of carbonyl (C=O) groups is 1. The Labute approximate surface area is 206 Å². The number of rotatable bonds is 6. The summed E-state index contributed by atoms with van der Waals surface area (Å²) in [5.41, 5.74) is 1.49. The van der Waals surface area contributed by atoms with E-state index in [4.69, 9.17) is 21.6 Å². The number of nitriles is 1. The van der Waals surface area contributed by atoms with Gasteiger partial charge >= 0.3 is 0 Å². The van der Waals surface area contributed by atoms with Crippen molar-refractivity contribution in [3.8, 4) is 11.8 Å². The molecule has 0 radical (unpaired) electrons. The first-order valence-corrected chi connectivity index (χ1v) is 12.1. The van der Waals surface area contributed by atoms with Crippen molar-refractivity contribution in [2.45, 2.75) is 46.3 Å². The maximum atomic E-state index is 13.1. The van der Waals surface area contributed by atoms with E-state index in [1.165, 1.54) is 0 Å². The number of aliphatic hydroxyl groups is 1. The van der Waals surface area contributed by atoms with E-state index in [2.05, 4.69) is 44.0 Å². The number of hydrogen-bond acceptors (Lipinski definition) is 5. The number of ether oxygens (including phenoxy) is 1. The molecular formula is C27H32ClN3O3. The third-order valence-electron chi connectivity index (χ3n) is 7.47. The van der Waals surface area contributed by atoms with Gasteiger partial charge in [-0.1, -0.05) is 39.3 Å². The number of nitrogens with one attached hydrogen (secondary N) is 1. The highest BCUT2D eigenvalue weighted by Gasteiger charge is 2.64. The molecular weight excluding hydrogens is 450 g/mol. The van der Waals surface area contributed by atoms with Crippen molar-refractivity contribution < 1.29 is 14.6 Å². The zero-order chi connectivity index (χ0) is 24.7. The average molecular weight is 482 g/mol. The number of aliphatic hydroxyl groups excluding tert-OH is 1. The molecule has 6 nitrogen and oxygen atoms in total. The molecule has 0 bridgehead atoms. The van der Waals surface area contributed by atoms with Crippen LogP contribution in [0.2, 0.25) is 5.02 Å². The van der Waals surface area contributed by atoms with Crippen LogP contribution in [0.4, 0.5) is 5.69 Å². The lowest BCUT2D eigenvalue weighted by Crippen LogP contribution is -2.74. The van der Waals surface area contributed by atoms with Crippen LogP contribution in [0.15, 0.2) is 42.5 Å². The Morgan fingerprint density at radius 2 is 1.88 bits per heavy atom. The smallest absolute Gasteiger partial charge is 0.251 e. The molecule has 2 fully saturated rings. The Hall–Kier alpha value is -2.75. The van der Waals surface area contributed by atoms with Gasteiger partial charge in [0.2, 0.25) is 0 Å². The van der Waals surface area contributed by atoms with Crippen molar-refractivity contribution in [1.29, 1.82) is 5.26 Å². The molecule has 0 spiro atoms. The predicted molar refractivity (Wildman–Crippen MR) is 133 cm³/mol. The molecule has 2 aliphatic rings. The van der Waals surface area contributed by atoms with E-state index in [1.807, 2.05) is 24.3 Å². The maximum absolute atomic E-state index is 13.1. The van der Waals surface area contributed by atoms with Gasteiger partial charge in [-0.2, -0.15) is 5.26 Å². The zero-order valence-electron chi connectivity index (χ0n) is 20.1.